The van der Waals surface area contributed by atoms with Crippen LogP contribution in [0.25, 0.3) is 0 Å². The Hall–Kier alpha value is -1.20. The van der Waals surface area contributed by atoms with Crippen molar-refractivity contribution < 1.29 is 4.79 Å². The van der Waals surface area contributed by atoms with Crippen LogP contribution < -0.4 is 10.6 Å². The normalized spacial score (nSPS) is 15.9. The maximum Gasteiger partial charge on any atom is 0.254 e. The van der Waals surface area contributed by atoms with Crippen molar-refractivity contribution in [1.29, 1.82) is 0 Å². The van der Waals surface area contributed by atoms with Crippen LogP contribution in [-0.2, 0) is 0 Å². The molecule has 1 fully saturated rings. The molecule has 1 aromatic rings. The van der Waals surface area contributed by atoms with Crippen molar-refractivity contribution in [2.24, 2.45) is 0 Å². The molecule has 1 aromatic heterocycles. The van der Waals surface area contributed by atoms with E-state index in [4.69, 9.17) is 0 Å². The van der Waals surface area contributed by atoms with E-state index in [1.54, 1.807) is 6.20 Å². The molecule has 1 saturated carbocycles. The third-order valence-corrected chi connectivity index (χ3v) is 3.85. The highest BCUT2D eigenvalue weighted by atomic mass is 35.5. The average molecular weight is 313 g/mol. The summed E-state index contributed by atoms with van der Waals surface area (Å²) >= 11 is 0. The Kier molecular flexibility index (Phi) is 8.23. The van der Waals surface area contributed by atoms with Crippen molar-refractivity contribution >= 4 is 18.3 Å². The highest BCUT2D eigenvalue weighted by Gasteiger charge is 2.12. The van der Waals surface area contributed by atoms with Crippen LogP contribution in [0.15, 0.2) is 12.5 Å². The van der Waals surface area contributed by atoms with Crippen LogP contribution in [0.5, 0.6) is 0 Å². The molecule has 1 aliphatic carbocycles. The van der Waals surface area contributed by atoms with Gasteiger partial charge in [0.15, 0.2) is 0 Å². The summed E-state index contributed by atoms with van der Waals surface area (Å²) in [6, 6.07) is 0.621. The summed E-state index contributed by atoms with van der Waals surface area (Å²) in [6.45, 7) is 3.28. The lowest BCUT2D eigenvalue weighted by atomic mass is 10.1. The number of rotatable bonds is 5. The highest BCUT2D eigenvalue weighted by Crippen LogP contribution is 2.16. The van der Waals surface area contributed by atoms with E-state index in [-0.39, 0.29) is 18.3 Å². The Bertz CT molecular complexity index is 433. The number of nitrogens with one attached hydrogen (secondary N) is 2. The monoisotopic (exact) mass is 312 g/mol. The summed E-state index contributed by atoms with van der Waals surface area (Å²) in [6.07, 6.45) is 10.9. The van der Waals surface area contributed by atoms with E-state index in [1.807, 2.05) is 6.92 Å². The standard InChI is InChI=1S/C15H24N4O.ClH/c1-12-14(10-16-11-19-12)15(20)18-9-8-17-13-6-4-2-3-5-7-13;/h10-11,13,17H,2-9H2,1H3,(H,18,20);1H. The molecule has 21 heavy (non-hydrogen) atoms. The van der Waals surface area contributed by atoms with Gasteiger partial charge in [-0.1, -0.05) is 25.7 Å². The van der Waals surface area contributed by atoms with Gasteiger partial charge in [-0.15, -0.1) is 12.4 Å². The fraction of sp³-hybridized carbons (Fsp3) is 0.667. The molecule has 0 bridgehead atoms. The van der Waals surface area contributed by atoms with Crippen LogP contribution in [0.3, 0.4) is 0 Å². The van der Waals surface area contributed by atoms with E-state index < -0.39 is 0 Å². The molecule has 1 heterocycles. The number of aromatic nitrogens is 2. The van der Waals surface area contributed by atoms with Gasteiger partial charge in [0.2, 0.25) is 0 Å². The molecule has 0 spiro atoms. The first-order valence-electron chi connectivity index (χ1n) is 7.55. The summed E-state index contributed by atoms with van der Waals surface area (Å²) < 4.78 is 0. The van der Waals surface area contributed by atoms with Gasteiger partial charge >= 0.3 is 0 Å². The maximum absolute atomic E-state index is 12.0. The predicted octanol–water partition coefficient (Wildman–Crippen LogP) is 2.25. The van der Waals surface area contributed by atoms with Gasteiger partial charge in [0.25, 0.3) is 5.91 Å². The zero-order valence-corrected chi connectivity index (χ0v) is 13.4. The molecule has 0 saturated heterocycles. The molecule has 5 nitrogen and oxygen atoms in total. The van der Waals surface area contributed by atoms with Gasteiger partial charge in [-0.25, -0.2) is 9.97 Å². The second kappa shape index (κ2) is 9.68. The number of halogens is 1. The number of amides is 1. The van der Waals surface area contributed by atoms with Gasteiger partial charge in [0.1, 0.15) is 6.33 Å². The van der Waals surface area contributed by atoms with E-state index in [1.165, 1.54) is 44.9 Å². The van der Waals surface area contributed by atoms with E-state index in [0.717, 1.165) is 6.54 Å². The first kappa shape index (κ1) is 17.9. The Morgan fingerprint density at radius 1 is 1.24 bits per heavy atom. The van der Waals surface area contributed by atoms with Gasteiger partial charge in [0.05, 0.1) is 11.3 Å². The summed E-state index contributed by atoms with van der Waals surface area (Å²) in [5.41, 5.74) is 1.27. The van der Waals surface area contributed by atoms with Crippen LogP contribution in [0.1, 0.15) is 54.6 Å². The van der Waals surface area contributed by atoms with Crippen LogP contribution in [0.4, 0.5) is 0 Å². The van der Waals surface area contributed by atoms with E-state index in [2.05, 4.69) is 20.6 Å². The van der Waals surface area contributed by atoms with E-state index in [9.17, 15) is 4.79 Å². The first-order chi connectivity index (χ1) is 9.77. The number of aryl methyl sites for hydroxylation is 1. The quantitative estimate of drug-likeness (QED) is 0.646. The molecular formula is C15H25ClN4O. The number of carbonyl (C=O) groups excluding carboxylic acids is 1. The molecule has 0 aliphatic heterocycles. The van der Waals surface area contributed by atoms with E-state index >= 15 is 0 Å². The molecule has 6 heteroatoms. The topological polar surface area (TPSA) is 66.9 Å². The van der Waals surface area contributed by atoms with Crippen molar-refractivity contribution in [3.8, 4) is 0 Å². The number of hydrogen-bond acceptors (Lipinski definition) is 4. The van der Waals surface area contributed by atoms with Crippen LogP contribution >= 0.6 is 12.4 Å². The van der Waals surface area contributed by atoms with Crippen molar-refractivity contribution in [3.63, 3.8) is 0 Å². The first-order valence-corrected chi connectivity index (χ1v) is 7.55. The minimum absolute atomic E-state index is 0. The Labute approximate surface area is 132 Å². The van der Waals surface area contributed by atoms with Crippen molar-refractivity contribution in [2.45, 2.75) is 51.5 Å². The zero-order valence-electron chi connectivity index (χ0n) is 12.6. The maximum atomic E-state index is 12.0. The fourth-order valence-electron chi connectivity index (χ4n) is 2.64. The number of hydrogen-bond donors (Lipinski definition) is 2. The summed E-state index contributed by atoms with van der Waals surface area (Å²) in [5.74, 6) is -0.0919. The Morgan fingerprint density at radius 3 is 2.62 bits per heavy atom. The Balaban J connectivity index is 0.00000220. The molecule has 118 valence electrons. The highest BCUT2D eigenvalue weighted by molar-refractivity contribution is 5.94. The van der Waals surface area contributed by atoms with Crippen molar-refractivity contribution in [2.75, 3.05) is 13.1 Å². The zero-order chi connectivity index (χ0) is 14.2. The average Bonchev–Trinajstić information content (AvgIpc) is 2.72. The lowest BCUT2D eigenvalue weighted by Gasteiger charge is -2.16. The fourth-order valence-corrected chi connectivity index (χ4v) is 2.64. The number of carbonyl (C=O) groups is 1. The molecular weight excluding hydrogens is 288 g/mol. The second-order valence-corrected chi connectivity index (χ2v) is 5.42. The SMILES string of the molecule is Cc1ncncc1C(=O)NCCNC1CCCCCC1.Cl. The van der Waals surface area contributed by atoms with Crippen LogP contribution in [0.2, 0.25) is 0 Å². The lowest BCUT2D eigenvalue weighted by molar-refractivity contribution is 0.0952. The predicted molar refractivity (Wildman–Crippen MR) is 85.8 cm³/mol. The summed E-state index contributed by atoms with van der Waals surface area (Å²) in [7, 11) is 0. The largest absolute Gasteiger partial charge is 0.351 e. The lowest BCUT2D eigenvalue weighted by Crippen LogP contribution is -2.37. The minimum atomic E-state index is -0.0919. The van der Waals surface area contributed by atoms with Gasteiger partial charge in [-0.2, -0.15) is 0 Å². The third-order valence-electron chi connectivity index (χ3n) is 3.85. The molecule has 2 rings (SSSR count). The van der Waals surface area contributed by atoms with Gasteiger partial charge in [-0.05, 0) is 19.8 Å². The second-order valence-electron chi connectivity index (χ2n) is 5.42. The van der Waals surface area contributed by atoms with Crippen molar-refractivity contribution in [3.05, 3.63) is 23.8 Å². The molecule has 1 amide bonds. The molecule has 0 atom stereocenters. The van der Waals surface area contributed by atoms with Crippen LogP contribution in [-0.4, -0.2) is 35.0 Å². The van der Waals surface area contributed by atoms with Crippen LogP contribution in [0, 0.1) is 6.92 Å². The molecule has 2 N–H and O–H groups in total. The third kappa shape index (κ3) is 5.98. The Morgan fingerprint density at radius 2 is 1.95 bits per heavy atom. The summed E-state index contributed by atoms with van der Waals surface area (Å²) in [5, 5.41) is 6.45. The number of nitrogens with zero attached hydrogens (tertiary/aromatic N) is 2. The molecule has 0 radical (unpaired) electrons. The minimum Gasteiger partial charge on any atom is -0.351 e. The molecule has 1 aliphatic rings. The van der Waals surface area contributed by atoms with Crippen molar-refractivity contribution in [1.82, 2.24) is 20.6 Å². The smallest absolute Gasteiger partial charge is 0.254 e. The molecule has 0 aromatic carbocycles. The van der Waals surface area contributed by atoms with E-state index in [0.29, 0.717) is 23.8 Å². The van der Waals surface area contributed by atoms with Gasteiger partial charge in [-0.3, -0.25) is 4.79 Å². The van der Waals surface area contributed by atoms with Gasteiger partial charge < -0.3 is 10.6 Å². The van der Waals surface area contributed by atoms with Gasteiger partial charge in [0, 0.05) is 25.3 Å². The summed E-state index contributed by atoms with van der Waals surface area (Å²) in [4.78, 5) is 19.9. The molecule has 0 unspecified atom stereocenters.